The summed E-state index contributed by atoms with van der Waals surface area (Å²) in [6.07, 6.45) is 6.63. The first-order chi connectivity index (χ1) is 8.78. The van der Waals surface area contributed by atoms with Crippen LogP contribution in [0.15, 0.2) is 41.9 Å². The summed E-state index contributed by atoms with van der Waals surface area (Å²) in [4.78, 5) is 13.0. The number of aromatic nitrogens is 4. The Bertz CT molecular complexity index is 677. The number of rotatable bonds is 2. The second-order valence-electron chi connectivity index (χ2n) is 3.69. The molecule has 4 nitrogen and oxygen atoms in total. The Morgan fingerprint density at radius 3 is 2.94 bits per heavy atom. The normalized spacial score (nSPS) is 11.0. The smallest absolute Gasteiger partial charge is 0.237 e. The largest absolute Gasteiger partial charge is 0.274 e. The summed E-state index contributed by atoms with van der Waals surface area (Å²) < 4.78 is 15.6. The molecule has 0 aliphatic heterocycles. The predicted molar refractivity (Wildman–Crippen MR) is 68.0 cm³/mol. The van der Waals surface area contributed by atoms with Crippen LogP contribution in [0.2, 0.25) is 0 Å². The van der Waals surface area contributed by atoms with Gasteiger partial charge in [0.05, 0.1) is 5.69 Å². The molecule has 0 aliphatic rings. The van der Waals surface area contributed by atoms with Gasteiger partial charge in [0, 0.05) is 16.7 Å². The topological polar surface area (TPSA) is 43.1 Å². The zero-order valence-electron chi connectivity index (χ0n) is 9.54. The quantitative estimate of drug-likeness (QED) is 0.664. The van der Waals surface area contributed by atoms with Crippen LogP contribution in [-0.4, -0.2) is 25.6 Å². The molecule has 0 amide bonds. The van der Waals surface area contributed by atoms with Crippen molar-refractivity contribution in [2.45, 2.75) is 4.90 Å². The van der Waals surface area contributed by atoms with E-state index in [2.05, 4.69) is 15.0 Å². The van der Waals surface area contributed by atoms with E-state index in [-0.39, 0.29) is 5.82 Å². The van der Waals surface area contributed by atoms with Gasteiger partial charge in [0.2, 0.25) is 5.78 Å². The van der Waals surface area contributed by atoms with Gasteiger partial charge in [0.25, 0.3) is 0 Å². The lowest BCUT2D eigenvalue weighted by Crippen LogP contribution is -1.86. The van der Waals surface area contributed by atoms with E-state index < -0.39 is 0 Å². The maximum atomic E-state index is 14.0. The van der Waals surface area contributed by atoms with Gasteiger partial charge in [-0.3, -0.25) is 4.40 Å². The minimum atomic E-state index is -0.279. The molecular weight excluding hydrogens is 251 g/mol. The third-order valence-electron chi connectivity index (χ3n) is 2.60. The monoisotopic (exact) mass is 260 g/mol. The third kappa shape index (κ3) is 1.84. The highest BCUT2D eigenvalue weighted by atomic mass is 32.2. The summed E-state index contributed by atoms with van der Waals surface area (Å²) in [5.41, 5.74) is 1.03. The summed E-state index contributed by atoms with van der Waals surface area (Å²) >= 11 is 1.50. The molecular formula is C12H9FN4S. The number of halogens is 1. The summed E-state index contributed by atoms with van der Waals surface area (Å²) in [6, 6.07) is 5.12. The molecule has 0 fully saturated rings. The highest BCUT2D eigenvalue weighted by molar-refractivity contribution is 7.98. The van der Waals surface area contributed by atoms with Crippen LogP contribution in [-0.2, 0) is 0 Å². The molecule has 0 unspecified atom stereocenters. The van der Waals surface area contributed by atoms with Crippen LogP contribution in [0.25, 0.3) is 17.0 Å². The third-order valence-corrected chi connectivity index (χ3v) is 3.32. The van der Waals surface area contributed by atoms with Crippen LogP contribution >= 0.6 is 11.8 Å². The lowest BCUT2D eigenvalue weighted by atomic mass is 10.1. The van der Waals surface area contributed by atoms with Crippen LogP contribution in [0.5, 0.6) is 0 Å². The first-order valence-electron chi connectivity index (χ1n) is 5.26. The minimum absolute atomic E-state index is 0.279. The number of nitrogens with zero attached hydrogens (tertiary/aromatic N) is 4. The first kappa shape index (κ1) is 11.2. The number of imidazole rings is 1. The van der Waals surface area contributed by atoms with Crippen molar-refractivity contribution < 1.29 is 4.39 Å². The Labute approximate surface area is 107 Å². The van der Waals surface area contributed by atoms with Crippen LogP contribution in [0, 0.1) is 5.82 Å². The molecule has 0 saturated heterocycles. The van der Waals surface area contributed by atoms with Crippen molar-refractivity contribution in [3.8, 4) is 11.3 Å². The molecule has 0 aliphatic carbocycles. The van der Waals surface area contributed by atoms with E-state index in [0.29, 0.717) is 17.0 Å². The molecule has 6 heteroatoms. The van der Waals surface area contributed by atoms with E-state index >= 15 is 0 Å². The lowest BCUT2D eigenvalue weighted by Gasteiger charge is -2.01. The first-order valence-corrected chi connectivity index (χ1v) is 6.49. The number of hydrogen-bond donors (Lipinski definition) is 0. The maximum absolute atomic E-state index is 14.0. The molecule has 0 saturated carbocycles. The van der Waals surface area contributed by atoms with Gasteiger partial charge >= 0.3 is 0 Å². The Balaban J connectivity index is 2.14. The molecule has 18 heavy (non-hydrogen) atoms. The average Bonchev–Trinajstić information content (AvgIpc) is 2.81. The molecule has 3 rings (SSSR count). The van der Waals surface area contributed by atoms with Crippen LogP contribution in [0.4, 0.5) is 4.39 Å². The van der Waals surface area contributed by atoms with E-state index in [9.17, 15) is 4.39 Å². The number of thioether (sulfide) groups is 1. The Morgan fingerprint density at radius 2 is 2.22 bits per heavy atom. The molecule has 1 aromatic carbocycles. The van der Waals surface area contributed by atoms with Crippen LogP contribution in [0.3, 0.4) is 0 Å². The maximum Gasteiger partial charge on any atom is 0.237 e. The van der Waals surface area contributed by atoms with Gasteiger partial charge < -0.3 is 0 Å². The summed E-state index contributed by atoms with van der Waals surface area (Å²) in [5.74, 6) is 0.228. The zero-order chi connectivity index (χ0) is 12.5. The molecule has 0 bridgehead atoms. The lowest BCUT2D eigenvalue weighted by molar-refractivity contribution is 0.627. The van der Waals surface area contributed by atoms with Crippen molar-refractivity contribution in [3.05, 3.63) is 42.9 Å². The predicted octanol–water partition coefficient (Wildman–Crippen LogP) is 2.65. The number of benzene rings is 1. The van der Waals surface area contributed by atoms with Gasteiger partial charge in [-0.05, 0) is 24.5 Å². The zero-order valence-corrected chi connectivity index (χ0v) is 10.4. The molecule has 0 atom stereocenters. The van der Waals surface area contributed by atoms with Crippen molar-refractivity contribution >= 4 is 17.5 Å². The van der Waals surface area contributed by atoms with Crippen molar-refractivity contribution in [2.75, 3.05) is 6.26 Å². The van der Waals surface area contributed by atoms with E-state index in [1.54, 1.807) is 23.0 Å². The minimum Gasteiger partial charge on any atom is -0.274 e. The Hall–Kier alpha value is -1.95. The second kappa shape index (κ2) is 4.38. The fourth-order valence-corrected chi connectivity index (χ4v) is 2.14. The van der Waals surface area contributed by atoms with Crippen LogP contribution in [0.1, 0.15) is 0 Å². The molecule has 2 aromatic heterocycles. The van der Waals surface area contributed by atoms with Crippen molar-refractivity contribution in [3.63, 3.8) is 0 Å². The van der Waals surface area contributed by atoms with Gasteiger partial charge in [0.1, 0.15) is 18.5 Å². The van der Waals surface area contributed by atoms with E-state index in [0.717, 1.165) is 4.90 Å². The standard InChI is InChI=1S/C12H9FN4S/c1-18-8-2-3-9(10(13)4-8)11-5-17-7-14-6-15-12(17)16-11/h2-7H,1H3. The van der Waals surface area contributed by atoms with Crippen LogP contribution < -0.4 is 0 Å². The van der Waals surface area contributed by atoms with E-state index in [1.165, 1.54) is 24.2 Å². The molecule has 3 aromatic rings. The summed E-state index contributed by atoms with van der Waals surface area (Å²) in [5, 5.41) is 0. The van der Waals surface area contributed by atoms with E-state index in [4.69, 9.17) is 0 Å². The fourth-order valence-electron chi connectivity index (χ4n) is 1.71. The number of fused-ring (bicyclic) bond motifs is 1. The highest BCUT2D eigenvalue weighted by Gasteiger charge is 2.10. The summed E-state index contributed by atoms with van der Waals surface area (Å²) in [6.45, 7) is 0. The number of hydrogen-bond acceptors (Lipinski definition) is 4. The van der Waals surface area contributed by atoms with Crippen molar-refractivity contribution in [1.82, 2.24) is 19.4 Å². The van der Waals surface area contributed by atoms with Gasteiger partial charge in [-0.25, -0.2) is 19.3 Å². The summed E-state index contributed by atoms with van der Waals surface area (Å²) in [7, 11) is 0. The van der Waals surface area contributed by atoms with Gasteiger partial charge in [0.15, 0.2) is 0 Å². The van der Waals surface area contributed by atoms with Gasteiger partial charge in [-0.15, -0.1) is 11.8 Å². The highest BCUT2D eigenvalue weighted by Crippen LogP contribution is 2.25. The molecule has 0 radical (unpaired) electrons. The van der Waals surface area contributed by atoms with Crippen molar-refractivity contribution in [2.24, 2.45) is 0 Å². The average molecular weight is 260 g/mol. The van der Waals surface area contributed by atoms with Gasteiger partial charge in [-0.2, -0.15) is 0 Å². The second-order valence-corrected chi connectivity index (χ2v) is 4.57. The molecule has 90 valence electrons. The van der Waals surface area contributed by atoms with Crippen molar-refractivity contribution in [1.29, 1.82) is 0 Å². The fraction of sp³-hybridized carbons (Fsp3) is 0.0833. The molecule has 0 spiro atoms. The SMILES string of the molecule is CSc1ccc(-c2cn3cncnc3n2)c(F)c1. The van der Waals surface area contributed by atoms with Gasteiger partial charge in [-0.1, -0.05) is 0 Å². The Morgan fingerprint density at radius 1 is 1.33 bits per heavy atom. The molecule has 0 N–H and O–H groups in total. The Kier molecular flexibility index (Phi) is 2.71. The molecule has 2 heterocycles. The van der Waals surface area contributed by atoms with E-state index in [1.807, 2.05) is 12.3 Å².